The zero-order valence-corrected chi connectivity index (χ0v) is 23.2. The van der Waals surface area contributed by atoms with Gasteiger partial charge in [-0.3, -0.25) is 9.69 Å². The first-order chi connectivity index (χ1) is 18.2. The number of anilines is 1. The molecular weight excluding hydrogens is 472 g/mol. The Morgan fingerprint density at radius 3 is 2.47 bits per heavy atom. The van der Waals surface area contributed by atoms with Crippen LogP contribution in [-0.2, 0) is 16.6 Å². The van der Waals surface area contributed by atoms with E-state index in [-0.39, 0.29) is 11.2 Å². The maximum Gasteiger partial charge on any atom is 0.195 e. The van der Waals surface area contributed by atoms with Crippen molar-refractivity contribution < 1.29 is 9.53 Å². The van der Waals surface area contributed by atoms with Crippen LogP contribution >= 0.6 is 0 Å². The lowest BCUT2D eigenvalue weighted by atomic mass is 9.70. The van der Waals surface area contributed by atoms with Crippen LogP contribution in [0.3, 0.4) is 0 Å². The number of H-pyrrole nitrogens is 1. The quantitative estimate of drug-likeness (QED) is 0.500. The van der Waals surface area contributed by atoms with Gasteiger partial charge in [0.05, 0.1) is 29.4 Å². The number of carbonyl (C=O) groups excluding carboxylic acids is 1. The van der Waals surface area contributed by atoms with E-state index in [9.17, 15) is 10.1 Å². The van der Waals surface area contributed by atoms with E-state index < -0.39 is 0 Å². The lowest BCUT2D eigenvalue weighted by Gasteiger charge is -2.44. The molecule has 2 atom stereocenters. The molecule has 0 radical (unpaired) electrons. The molecule has 198 valence electrons. The fourth-order valence-corrected chi connectivity index (χ4v) is 7.14. The van der Waals surface area contributed by atoms with Crippen molar-refractivity contribution >= 4 is 22.4 Å². The average molecular weight is 511 g/mol. The molecule has 1 aromatic heterocycles. The second-order valence-corrected chi connectivity index (χ2v) is 12.0. The summed E-state index contributed by atoms with van der Waals surface area (Å²) in [5.41, 5.74) is 7.23. The molecule has 0 spiro atoms. The van der Waals surface area contributed by atoms with E-state index >= 15 is 0 Å². The molecule has 1 aliphatic carbocycles. The Morgan fingerprint density at radius 2 is 1.82 bits per heavy atom. The van der Waals surface area contributed by atoms with Crippen LogP contribution in [0.1, 0.15) is 85.8 Å². The lowest BCUT2D eigenvalue weighted by Crippen LogP contribution is -2.53. The summed E-state index contributed by atoms with van der Waals surface area (Å²) in [5.74, 6) is 0.0841. The van der Waals surface area contributed by atoms with Gasteiger partial charge in [0.15, 0.2) is 5.78 Å². The molecule has 2 aliphatic heterocycles. The number of nitriles is 1. The van der Waals surface area contributed by atoms with Crippen LogP contribution in [0.4, 0.5) is 5.69 Å². The molecule has 6 rings (SSSR count). The Hall–Kier alpha value is -3.14. The molecule has 3 aromatic rings. The maximum atomic E-state index is 13.9. The van der Waals surface area contributed by atoms with Gasteiger partial charge in [-0.1, -0.05) is 26.8 Å². The Morgan fingerprint density at radius 1 is 1.11 bits per heavy atom. The van der Waals surface area contributed by atoms with Crippen LogP contribution in [0.15, 0.2) is 30.3 Å². The predicted molar refractivity (Wildman–Crippen MR) is 151 cm³/mol. The van der Waals surface area contributed by atoms with Crippen LogP contribution in [0.2, 0.25) is 0 Å². The normalized spacial score (nSPS) is 23.8. The van der Waals surface area contributed by atoms with E-state index in [1.165, 1.54) is 11.3 Å². The van der Waals surface area contributed by atoms with Crippen LogP contribution in [0.25, 0.3) is 10.9 Å². The summed E-state index contributed by atoms with van der Waals surface area (Å²) in [5, 5.41) is 10.3. The molecule has 0 unspecified atom stereocenters. The lowest BCUT2D eigenvalue weighted by molar-refractivity contribution is -0.0826. The number of ketones is 1. The highest BCUT2D eigenvalue weighted by atomic mass is 16.5. The van der Waals surface area contributed by atoms with Gasteiger partial charge in [0.1, 0.15) is 0 Å². The van der Waals surface area contributed by atoms with Gasteiger partial charge in [-0.2, -0.15) is 5.26 Å². The smallest absolute Gasteiger partial charge is 0.195 e. The van der Waals surface area contributed by atoms with Gasteiger partial charge < -0.3 is 14.6 Å². The summed E-state index contributed by atoms with van der Waals surface area (Å²) in [6, 6.07) is 12.9. The Kier molecular flexibility index (Phi) is 6.13. The first-order valence-electron chi connectivity index (χ1n) is 14.1. The molecule has 6 nitrogen and oxygen atoms in total. The molecule has 2 saturated heterocycles. The van der Waals surface area contributed by atoms with Gasteiger partial charge in [0.2, 0.25) is 0 Å². The largest absolute Gasteiger partial charge is 0.373 e. The summed E-state index contributed by atoms with van der Waals surface area (Å²) in [6.07, 6.45) is 3.78. The van der Waals surface area contributed by atoms with Gasteiger partial charge in [0, 0.05) is 65.5 Å². The third-order valence-electron chi connectivity index (χ3n) is 9.07. The maximum absolute atomic E-state index is 13.9. The van der Waals surface area contributed by atoms with Crippen molar-refractivity contribution in [2.45, 2.75) is 77.5 Å². The molecule has 1 N–H and O–H groups in total. The van der Waals surface area contributed by atoms with Crippen molar-refractivity contribution in [1.29, 1.82) is 5.26 Å². The highest BCUT2D eigenvalue weighted by Crippen LogP contribution is 2.46. The second kappa shape index (κ2) is 9.25. The summed E-state index contributed by atoms with van der Waals surface area (Å²) >= 11 is 0. The van der Waals surface area contributed by atoms with Crippen molar-refractivity contribution in [2.24, 2.45) is 0 Å². The minimum atomic E-state index is -0.357. The van der Waals surface area contributed by atoms with Crippen molar-refractivity contribution in [1.82, 2.24) is 9.88 Å². The van der Waals surface area contributed by atoms with Crippen LogP contribution in [-0.4, -0.2) is 60.1 Å². The monoisotopic (exact) mass is 510 g/mol. The third-order valence-corrected chi connectivity index (χ3v) is 9.07. The van der Waals surface area contributed by atoms with E-state index in [4.69, 9.17) is 4.74 Å². The van der Waals surface area contributed by atoms with E-state index in [2.05, 4.69) is 67.6 Å². The van der Waals surface area contributed by atoms with Crippen LogP contribution in [0, 0.1) is 11.3 Å². The average Bonchev–Trinajstić information content (AvgIpc) is 3.31. The summed E-state index contributed by atoms with van der Waals surface area (Å²) in [7, 11) is 0. The molecule has 0 saturated carbocycles. The number of piperidine rings is 1. The van der Waals surface area contributed by atoms with Gasteiger partial charge >= 0.3 is 0 Å². The number of ether oxygens (including phenoxy) is 1. The summed E-state index contributed by atoms with van der Waals surface area (Å²) in [6.45, 7) is 15.1. The Balaban J connectivity index is 1.33. The molecule has 6 heteroatoms. The minimum absolute atomic E-state index is 0.0841. The summed E-state index contributed by atoms with van der Waals surface area (Å²) < 4.78 is 5.97. The standard InChI is InChI=1S/C32H38N4O2/c1-6-22-14-25-26(15-28(22)35-11-9-23(10-12-35)36-17-19(2)38-20(3)18-36)32(4,5)31-29(30(25)37)24-8-7-21(16-33)13-27(24)34-31/h7-8,13-15,19-20,23,34H,6,9-12,17-18H2,1-5H3/t19-,20+. The molecule has 2 aromatic carbocycles. The number of nitrogens with one attached hydrogen (secondary N) is 1. The highest BCUT2D eigenvalue weighted by molar-refractivity contribution is 6.20. The van der Waals surface area contributed by atoms with Gasteiger partial charge in [-0.25, -0.2) is 0 Å². The van der Waals surface area contributed by atoms with Crippen LogP contribution in [0.5, 0.6) is 0 Å². The zero-order valence-electron chi connectivity index (χ0n) is 23.2. The number of nitrogens with zero attached hydrogens (tertiary/aromatic N) is 3. The first-order valence-corrected chi connectivity index (χ1v) is 14.1. The number of hydrogen-bond donors (Lipinski definition) is 1. The molecule has 2 fully saturated rings. The number of carbonyl (C=O) groups is 1. The molecule has 0 bridgehead atoms. The van der Waals surface area contributed by atoms with E-state index in [0.717, 1.165) is 78.7 Å². The number of morpholine rings is 1. The number of benzene rings is 2. The first kappa shape index (κ1) is 25.2. The second-order valence-electron chi connectivity index (χ2n) is 12.0. The van der Waals surface area contributed by atoms with E-state index in [1.54, 1.807) is 6.07 Å². The minimum Gasteiger partial charge on any atom is -0.373 e. The topological polar surface area (TPSA) is 72.4 Å². The van der Waals surface area contributed by atoms with Gasteiger partial charge in [-0.05, 0) is 68.5 Å². The Bertz CT molecular complexity index is 1440. The van der Waals surface area contributed by atoms with E-state index in [1.807, 2.05) is 12.1 Å². The fraction of sp³-hybridized carbons (Fsp3) is 0.500. The molecule has 3 heterocycles. The van der Waals surface area contributed by atoms with Crippen molar-refractivity contribution in [2.75, 3.05) is 31.1 Å². The van der Waals surface area contributed by atoms with Crippen molar-refractivity contribution in [3.05, 3.63) is 63.8 Å². The number of aromatic amines is 1. The SMILES string of the molecule is CCc1cc2c(cc1N1CCC(N3C[C@@H](C)O[C@@H](C)C3)CC1)C(C)(C)c1[nH]c3cc(C#N)ccc3c1C2=O. The van der Waals surface area contributed by atoms with Gasteiger partial charge in [0.25, 0.3) is 0 Å². The summed E-state index contributed by atoms with van der Waals surface area (Å²) in [4.78, 5) is 22.7. The number of aromatic nitrogens is 1. The van der Waals surface area contributed by atoms with Gasteiger partial charge in [-0.15, -0.1) is 0 Å². The molecule has 0 amide bonds. The van der Waals surface area contributed by atoms with Crippen LogP contribution < -0.4 is 4.90 Å². The van der Waals surface area contributed by atoms with Crippen molar-refractivity contribution in [3.63, 3.8) is 0 Å². The molecular formula is C32H38N4O2. The number of rotatable bonds is 3. The number of hydrogen-bond acceptors (Lipinski definition) is 5. The highest BCUT2D eigenvalue weighted by Gasteiger charge is 2.41. The molecule has 38 heavy (non-hydrogen) atoms. The van der Waals surface area contributed by atoms with Crippen molar-refractivity contribution in [3.8, 4) is 6.07 Å². The third kappa shape index (κ3) is 3.95. The molecule has 3 aliphatic rings. The zero-order chi connectivity index (χ0) is 26.8. The van der Waals surface area contributed by atoms with E-state index in [0.29, 0.717) is 23.8 Å². The fourth-order valence-electron chi connectivity index (χ4n) is 7.14. The number of fused-ring (bicyclic) bond motifs is 4. The predicted octanol–water partition coefficient (Wildman–Crippen LogP) is 5.55. The Labute approximate surface area is 225 Å². The number of aryl methyl sites for hydroxylation is 1.